The molecule has 0 aliphatic carbocycles. The molecule has 0 aliphatic rings. The van der Waals surface area contributed by atoms with Crippen LogP contribution in [0, 0.1) is 0 Å². The second-order valence-corrected chi connectivity index (χ2v) is 7.33. The third kappa shape index (κ3) is 6.00. The van der Waals surface area contributed by atoms with Crippen molar-refractivity contribution in [3.8, 4) is 0 Å². The van der Waals surface area contributed by atoms with E-state index in [1.54, 1.807) is 0 Å². The Bertz CT molecular complexity index is 665. The van der Waals surface area contributed by atoms with Gasteiger partial charge < -0.3 is 10.1 Å². The Morgan fingerprint density at radius 3 is 2.38 bits per heavy atom. The van der Waals surface area contributed by atoms with Crippen LogP contribution in [-0.4, -0.2) is 11.7 Å². The summed E-state index contributed by atoms with van der Waals surface area (Å²) in [6, 6.07) is 18.2. The number of ether oxygens (including phenoxy) is 1. The van der Waals surface area contributed by atoms with Crippen LogP contribution >= 0.6 is 15.9 Å². The number of halogens is 1. The number of amides is 1. The Morgan fingerprint density at radius 2 is 1.75 bits per heavy atom. The highest BCUT2D eigenvalue weighted by atomic mass is 79.9. The van der Waals surface area contributed by atoms with Crippen LogP contribution in [0.2, 0.25) is 0 Å². The fourth-order valence-electron chi connectivity index (χ4n) is 2.44. The molecule has 0 aromatic heterocycles. The molecule has 0 aliphatic heterocycles. The summed E-state index contributed by atoms with van der Waals surface area (Å²) < 4.78 is 5.42. The summed E-state index contributed by atoms with van der Waals surface area (Å²) in [5.74, 6) is 0. The van der Waals surface area contributed by atoms with E-state index in [4.69, 9.17) is 4.74 Å². The number of carbonyl (C=O) groups is 1. The van der Waals surface area contributed by atoms with Gasteiger partial charge in [-0.2, -0.15) is 0 Å². The van der Waals surface area contributed by atoms with Crippen LogP contribution in [0.15, 0.2) is 54.6 Å². The van der Waals surface area contributed by atoms with Crippen molar-refractivity contribution in [3.05, 3.63) is 71.3 Å². The van der Waals surface area contributed by atoms with Crippen LogP contribution in [0.5, 0.6) is 0 Å². The number of hydrogen-bond acceptors (Lipinski definition) is 2. The lowest BCUT2D eigenvalue weighted by Crippen LogP contribution is -2.35. The molecule has 2 aromatic carbocycles. The molecule has 24 heavy (non-hydrogen) atoms. The number of rotatable bonds is 5. The summed E-state index contributed by atoms with van der Waals surface area (Å²) in [4.78, 5) is 12.2. The molecule has 0 radical (unpaired) electrons. The maximum Gasteiger partial charge on any atom is 0.408 e. The molecule has 128 valence electrons. The minimum Gasteiger partial charge on any atom is -0.444 e. The standard InChI is InChI=1S/C20H24BrNO2/c1-20(2,3)24-19(23)22-18(13-15-8-5-4-6-9-15)17-11-7-10-16(12-17)14-21/h4-12,18H,13-14H2,1-3H3,(H,22,23)/t18-/m0/s1. The molecule has 4 heteroatoms. The van der Waals surface area contributed by atoms with Gasteiger partial charge in [-0.25, -0.2) is 4.79 Å². The second-order valence-electron chi connectivity index (χ2n) is 6.77. The monoisotopic (exact) mass is 389 g/mol. The van der Waals surface area contributed by atoms with Gasteiger partial charge in [0.25, 0.3) is 0 Å². The van der Waals surface area contributed by atoms with Gasteiger partial charge in [0, 0.05) is 5.33 Å². The number of benzene rings is 2. The topological polar surface area (TPSA) is 38.3 Å². The average Bonchev–Trinajstić information content (AvgIpc) is 2.53. The van der Waals surface area contributed by atoms with E-state index in [2.05, 4.69) is 45.5 Å². The van der Waals surface area contributed by atoms with Crippen LogP contribution in [0.1, 0.15) is 43.5 Å². The van der Waals surface area contributed by atoms with Crippen LogP contribution in [0.25, 0.3) is 0 Å². The highest BCUT2D eigenvalue weighted by Gasteiger charge is 2.21. The van der Waals surface area contributed by atoms with E-state index < -0.39 is 11.7 Å². The molecule has 0 unspecified atom stereocenters. The van der Waals surface area contributed by atoms with Gasteiger partial charge in [0.2, 0.25) is 0 Å². The van der Waals surface area contributed by atoms with Crippen molar-refractivity contribution >= 4 is 22.0 Å². The van der Waals surface area contributed by atoms with E-state index in [-0.39, 0.29) is 6.04 Å². The Kier molecular flexibility index (Phi) is 6.44. The van der Waals surface area contributed by atoms with Crippen molar-refractivity contribution in [2.75, 3.05) is 0 Å². The quantitative estimate of drug-likeness (QED) is 0.696. The van der Waals surface area contributed by atoms with Gasteiger partial charge >= 0.3 is 6.09 Å². The minimum atomic E-state index is -0.515. The number of alkyl carbamates (subject to hydrolysis) is 1. The summed E-state index contributed by atoms with van der Waals surface area (Å²) in [5.41, 5.74) is 2.90. The first-order chi connectivity index (χ1) is 11.4. The zero-order valence-corrected chi connectivity index (χ0v) is 16.0. The van der Waals surface area contributed by atoms with Crippen LogP contribution in [0.3, 0.4) is 0 Å². The first-order valence-electron chi connectivity index (χ1n) is 8.05. The van der Waals surface area contributed by atoms with Crippen LogP contribution in [0.4, 0.5) is 4.79 Å². The molecule has 2 aromatic rings. The maximum absolute atomic E-state index is 12.2. The zero-order chi connectivity index (χ0) is 17.6. The lowest BCUT2D eigenvalue weighted by atomic mass is 9.98. The summed E-state index contributed by atoms with van der Waals surface area (Å²) in [5, 5.41) is 3.80. The van der Waals surface area contributed by atoms with E-state index >= 15 is 0 Å². The molecule has 1 amide bonds. The highest BCUT2D eigenvalue weighted by molar-refractivity contribution is 9.08. The van der Waals surface area contributed by atoms with E-state index in [1.807, 2.05) is 51.1 Å². The molecule has 0 saturated carbocycles. The molecule has 2 rings (SSSR count). The predicted octanol–water partition coefficient (Wildman–Crippen LogP) is 5.39. The van der Waals surface area contributed by atoms with Crippen molar-refractivity contribution in [2.24, 2.45) is 0 Å². The number of carbonyl (C=O) groups excluding carboxylic acids is 1. The summed E-state index contributed by atoms with van der Waals surface area (Å²) in [7, 11) is 0. The van der Waals surface area contributed by atoms with E-state index in [0.29, 0.717) is 6.42 Å². The smallest absolute Gasteiger partial charge is 0.408 e. The fourth-order valence-corrected chi connectivity index (χ4v) is 2.79. The van der Waals surface area contributed by atoms with Gasteiger partial charge in [0.15, 0.2) is 0 Å². The molecule has 3 nitrogen and oxygen atoms in total. The SMILES string of the molecule is CC(C)(C)OC(=O)N[C@@H](Cc1ccccc1)c1cccc(CBr)c1. The Labute approximate surface area is 152 Å². The van der Waals surface area contributed by atoms with Gasteiger partial charge in [-0.15, -0.1) is 0 Å². The van der Waals surface area contributed by atoms with E-state index in [1.165, 1.54) is 11.1 Å². The van der Waals surface area contributed by atoms with Gasteiger partial charge in [-0.05, 0) is 43.9 Å². The molecule has 0 bridgehead atoms. The number of nitrogens with one attached hydrogen (secondary N) is 1. The Morgan fingerprint density at radius 1 is 1.08 bits per heavy atom. The van der Waals surface area contributed by atoms with Gasteiger partial charge in [-0.1, -0.05) is 70.5 Å². The molecule has 1 N–H and O–H groups in total. The van der Waals surface area contributed by atoms with E-state index in [9.17, 15) is 4.79 Å². The van der Waals surface area contributed by atoms with Crippen molar-refractivity contribution in [2.45, 2.75) is 44.2 Å². The number of alkyl halides is 1. The lowest BCUT2D eigenvalue weighted by molar-refractivity contribution is 0.0503. The van der Waals surface area contributed by atoms with Gasteiger partial charge in [0.1, 0.15) is 5.60 Å². The molecule has 0 spiro atoms. The normalized spacial score (nSPS) is 12.5. The van der Waals surface area contributed by atoms with Crippen LogP contribution in [-0.2, 0) is 16.5 Å². The first kappa shape index (κ1) is 18.5. The lowest BCUT2D eigenvalue weighted by Gasteiger charge is -2.24. The minimum absolute atomic E-state index is 0.138. The average molecular weight is 390 g/mol. The van der Waals surface area contributed by atoms with Crippen molar-refractivity contribution in [1.82, 2.24) is 5.32 Å². The Hall–Kier alpha value is -1.81. The maximum atomic E-state index is 12.2. The molecular weight excluding hydrogens is 366 g/mol. The largest absolute Gasteiger partial charge is 0.444 e. The molecular formula is C20H24BrNO2. The fraction of sp³-hybridized carbons (Fsp3) is 0.350. The predicted molar refractivity (Wildman–Crippen MR) is 101 cm³/mol. The highest BCUT2D eigenvalue weighted by Crippen LogP contribution is 2.21. The van der Waals surface area contributed by atoms with Gasteiger partial charge in [-0.3, -0.25) is 0 Å². The summed E-state index contributed by atoms with van der Waals surface area (Å²) >= 11 is 3.49. The zero-order valence-electron chi connectivity index (χ0n) is 14.4. The molecule has 0 saturated heterocycles. The van der Waals surface area contributed by atoms with Crippen molar-refractivity contribution in [3.63, 3.8) is 0 Å². The van der Waals surface area contributed by atoms with E-state index in [0.717, 1.165) is 10.9 Å². The van der Waals surface area contributed by atoms with Crippen molar-refractivity contribution < 1.29 is 9.53 Å². The number of hydrogen-bond donors (Lipinski definition) is 1. The molecule has 0 heterocycles. The molecule has 1 atom stereocenters. The molecule has 0 fully saturated rings. The van der Waals surface area contributed by atoms with Crippen LogP contribution < -0.4 is 5.32 Å². The first-order valence-corrected chi connectivity index (χ1v) is 9.18. The summed E-state index contributed by atoms with van der Waals surface area (Å²) in [6.45, 7) is 5.60. The van der Waals surface area contributed by atoms with Gasteiger partial charge in [0.05, 0.1) is 6.04 Å². The van der Waals surface area contributed by atoms with Crippen molar-refractivity contribution in [1.29, 1.82) is 0 Å². The third-order valence-electron chi connectivity index (χ3n) is 3.48. The summed E-state index contributed by atoms with van der Waals surface area (Å²) in [6.07, 6.45) is 0.318. The Balaban J connectivity index is 2.22. The third-order valence-corrected chi connectivity index (χ3v) is 4.13. The second kappa shape index (κ2) is 8.34.